The highest BCUT2D eigenvalue weighted by Gasteiger charge is 2.31. The molecule has 0 amide bonds. The zero-order valence-electron chi connectivity index (χ0n) is 10.6. The summed E-state index contributed by atoms with van der Waals surface area (Å²) in [6, 6.07) is 2.65. The zero-order chi connectivity index (χ0) is 12.3. The van der Waals surface area contributed by atoms with Gasteiger partial charge in [0, 0.05) is 38.0 Å². The Bertz CT molecular complexity index is 377. The number of pyridine rings is 1. The summed E-state index contributed by atoms with van der Waals surface area (Å²) in [6.07, 6.45) is 4.37. The van der Waals surface area contributed by atoms with E-state index in [0.29, 0.717) is 12.6 Å². The van der Waals surface area contributed by atoms with Gasteiger partial charge in [0.05, 0.1) is 6.61 Å². The van der Waals surface area contributed by atoms with Gasteiger partial charge in [-0.1, -0.05) is 0 Å². The average molecular weight is 235 g/mol. The van der Waals surface area contributed by atoms with Gasteiger partial charge in [-0.2, -0.15) is 0 Å². The molecule has 2 N–H and O–H groups in total. The molecule has 0 bridgehead atoms. The first kappa shape index (κ1) is 12.3. The summed E-state index contributed by atoms with van der Waals surface area (Å²) in [5.41, 5.74) is 8.23. The van der Waals surface area contributed by atoms with Crippen molar-refractivity contribution in [1.82, 2.24) is 4.98 Å². The number of rotatable bonds is 6. The number of aromatic nitrogens is 1. The van der Waals surface area contributed by atoms with E-state index in [0.717, 1.165) is 24.5 Å². The third-order valence-electron chi connectivity index (χ3n) is 3.27. The van der Waals surface area contributed by atoms with Crippen molar-refractivity contribution in [2.24, 2.45) is 5.73 Å². The van der Waals surface area contributed by atoms with Crippen molar-refractivity contribution in [3.05, 3.63) is 23.4 Å². The Hall–Kier alpha value is -1.13. The molecule has 1 saturated carbocycles. The Labute approximate surface area is 103 Å². The molecule has 4 heteroatoms. The monoisotopic (exact) mass is 235 g/mol. The van der Waals surface area contributed by atoms with E-state index in [9.17, 15) is 0 Å². The number of anilines is 1. The smallest absolute Gasteiger partial charge is 0.133 e. The van der Waals surface area contributed by atoms with Crippen LogP contribution < -0.4 is 10.6 Å². The maximum absolute atomic E-state index is 5.84. The standard InChI is InChI=1S/C13H21N3O/c1-10-5-6-15-13(12(10)9-14)16(7-8-17-2)11-3-4-11/h5-6,11H,3-4,7-9,14H2,1-2H3. The highest BCUT2D eigenvalue weighted by Crippen LogP contribution is 2.32. The van der Waals surface area contributed by atoms with Crippen LogP contribution in [-0.2, 0) is 11.3 Å². The lowest BCUT2D eigenvalue weighted by atomic mass is 10.1. The normalized spacial score (nSPS) is 15.0. The van der Waals surface area contributed by atoms with Crippen LogP contribution in [0.1, 0.15) is 24.0 Å². The number of hydrogen-bond acceptors (Lipinski definition) is 4. The van der Waals surface area contributed by atoms with E-state index < -0.39 is 0 Å². The van der Waals surface area contributed by atoms with Crippen LogP contribution in [0.4, 0.5) is 5.82 Å². The van der Waals surface area contributed by atoms with Crippen LogP contribution in [0.5, 0.6) is 0 Å². The van der Waals surface area contributed by atoms with Crippen molar-refractivity contribution >= 4 is 5.82 Å². The fourth-order valence-electron chi connectivity index (χ4n) is 2.11. The van der Waals surface area contributed by atoms with E-state index >= 15 is 0 Å². The Balaban J connectivity index is 2.25. The summed E-state index contributed by atoms with van der Waals surface area (Å²) < 4.78 is 5.17. The molecule has 2 rings (SSSR count). The zero-order valence-corrected chi connectivity index (χ0v) is 10.6. The minimum Gasteiger partial charge on any atom is -0.383 e. The second kappa shape index (κ2) is 5.47. The quantitative estimate of drug-likeness (QED) is 0.811. The Morgan fingerprint density at radius 1 is 1.53 bits per heavy atom. The highest BCUT2D eigenvalue weighted by atomic mass is 16.5. The molecule has 0 atom stereocenters. The predicted octanol–water partition coefficient (Wildman–Crippen LogP) is 1.46. The van der Waals surface area contributed by atoms with E-state index in [2.05, 4.69) is 16.8 Å². The van der Waals surface area contributed by atoms with E-state index in [4.69, 9.17) is 10.5 Å². The van der Waals surface area contributed by atoms with Crippen LogP contribution in [0.25, 0.3) is 0 Å². The molecular weight excluding hydrogens is 214 g/mol. The minimum absolute atomic E-state index is 0.547. The van der Waals surface area contributed by atoms with Crippen LogP contribution in [0, 0.1) is 6.92 Å². The molecule has 0 spiro atoms. The lowest BCUT2D eigenvalue weighted by molar-refractivity contribution is 0.204. The second-order valence-corrected chi connectivity index (χ2v) is 4.55. The molecule has 1 heterocycles. The van der Waals surface area contributed by atoms with Crippen LogP contribution in [-0.4, -0.2) is 31.3 Å². The Morgan fingerprint density at radius 2 is 2.29 bits per heavy atom. The van der Waals surface area contributed by atoms with Crippen molar-refractivity contribution in [3.63, 3.8) is 0 Å². The first-order chi connectivity index (χ1) is 8.27. The molecule has 0 aliphatic heterocycles. The topological polar surface area (TPSA) is 51.4 Å². The number of aryl methyl sites for hydroxylation is 1. The van der Waals surface area contributed by atoms with Crippen molar-refractivity contribution in [2.45, 2.75) is 32.4 Å². The fraction of sp³-hybridized carbons (Fsp3) is 0.615. The van der Waals surface area contributed by atoms with Crippen molar-refractivity contribution < 1.29 is 4.74 Å². The van der Waals surface area contributed by atoms with Crippen LogP contribution in [0.3, 0.4) is 0 Å². The molecular formula is C13H21N3O. The lowest BCUT2D eigenvalue weighted by Gasteiger charge is -2.26. The lowest BCUT2D eigenvalue weighted by Crippen LogP contribution is -2.31. The van der Waals surface area contributed by atoms with Crippen molar-refractivity contribution in [1.29, 1.82) is 0 Å². The third kappa shape index (κ3) is 2.76. The molecule has 4 nitrogen and oxygen atoms in total. The molecule has 94 valence electrons. The van der Waals surface area contributed by atoms with Gasteiger partial charge in [0.15, 0.2) is 0 Å². The van der Waals surface area contributed by atoms with E-state index in [1.165, 1.54) is 18.4 Å². The molecule has 1 aromatic heterocycles. The number of nitrogens with two attached hydrogens (primary N) is 1. The van der Waals surface area contributed by atoms with Gasteiger partial charge in [0.1, 0.15) is 5.82 Å². The van der Waals surface area contributed by atoms with Gasteiger partial charge in [-0.3, -0.25) is 0 Å². The van der Waals surface area contributed by atoms with Gasteiger partial charge >= 0.3 is 0 Å². The number of ether oxygens (including phenoxy) is 1. The summed E-state index contributed by atoms with van der Waals surface area (Å²) in [6.45, 7) is 4.26. The van der Waals surface area contributed by atoms with Crippen LogP contribution in [0.15, 0.2) is 12.3 Å². The molecule has 0 unspecified atom stereocenters. The van der Waals surface area contributed by atoms with Gasteiger partial charge in [-0.05, 0) is 31.4 Å². The molecule has 0 aromatic carbocycles. The maximum Gasteiger partial charge on any atom is 0.133 e. The SMILES string of the molecule is COCCN(c1nccc(C)c1CN)C1CC1. The maximum atomic E-state index is 5.84. The summed E-state index contributed by atoms with van der Waals surface area (Å²) in [4.78, 5) is 6.86. The summed E-state index contributed by atoms with van der Waals surface area (Å²) >= 11 is 0. The Kier molecular flexibility index (Phi) is 3.97. The highest BCUT2D eigenvalue weighted by molar-refractivity contribution is 5.52. The second-order valence-electron chi connectivity index (χ2n) is 4.55. The van der Waals surface area contributed by atoms with E-state index in [1.54, 1.807) is 7.11 Å². The molecule has 1 fully saturated rings. The average Bonchev–Trinajstić information content (AvgIpc) is 3.14. The summed E-state index contributed by atoms with van der Waals surface area (Å²) in [7, 11) is 1.73. The van der Waals surface area contributed by atoms with E-state index in [-0.39, 0.29) is 0 Å². The minimum atomic E-state index is 0.547. The number of nitrogens with zero attached hydrogens (tertiary/aromatic N) is 2. The molecule has 0 radical (unpaired) electrons. The number of hydrogen-bond donors (Lipinski definition) is 1. The molecule has 1 aliphatic carbocycles. The van der Waals surface area contributed by atoms with Gasteiger partial charge in [0.25, 0.3) is 0 Å². The molecule has 1 aliphatic rings. The largest absolute Gasteiger partial charge is 0.383 e. The van der Waals surface area contributed by atoms with Crippen molar-refractivity contribution in [3.8, 4) is 0 Å². The Morgan fingerprint density at radius 3 is 2.88 bits per heavy atom. The predicted molar refractivity (Wildman–Crippen MR) is 69.1 cm³/mol. The fourth-order valence-corrected chi connectivity index (χ4v) is 2.11. The number of methoxy groups -OCH3 is 1. The van der Waals surface area contributed by atoms with Crippen LogP contribution >= 0.6 is 0 Å². The van der Waals surface area contributed by atoms with E-state index in [1.807, 2.05) is 12.3 Å². The van der Waals surface area contributed by atoms with Gasteiger partial charge in [-0.15, -0.1) is 0 Å². The summed E-state index contributed by atoms with van der Waals surface area (Å²) in [5, 5.41) is 0. The van der Waals surface area contributed by atoms with Gasteiger partial charge < -0.3 is 15.4 Å². The van der Waals surface area contributed by atoms with Gasteiger partial charge in [-0.25, -0.2) is 4.98 Å². The van der Waals surface area contributed by atoms with Crippen molar-refractivity contribution in [2.75, 3.05) is 25.2 Å². The molecule has 1 aromatic rings. The first-order valence-corrected chi connectivity index (χ1v) is 6.18. The molecule has 17 heavy (non-hydrogen) atoms. The summed E-state index contributed by atoms with van der Waals surface area (Å²) in [5.74, 6) is 1.05. The molecule has 0 saturated heterocycles. The van der Waals surface area contributed by atoms with Gasteiger partial charge in [0.2, 0.25) is 0 Å². The first-order valence-electron chi connectivity index (χ1n) is 6.18. The van der Waals surface area contributed by atoms with Crippen LogP contribution in [0.2, 0.25) is 0 Å². The third-order valence-corrected chi connectivity index (χ3v) is 3.27.